The maximum atomic E-state index is 10.5. The quantitative estimate of drug-likeness (QED) is 0.431. The molecule has 0 unspecified atom stereocenters. The summed E-state index contributed by atoms with van der Waals surface area (Å²) in [4.78, 5) is 10.5. The maximum Gasteiger partial charge on any atom is 0.120 e. The highest BCUT2D eigenvalue weighted by Gasteiger charge is 2.01. The number of hydrogen-bond acceptors (Lipinski definition) is 1. The van der Waals surface area contributed by atoms with E-state index in [-0.39, 0.29) is 0 Å². The van der Waals surface area contributed by atoms with Crippen molar-refractivity contribution in [2.24, 2.45) is 0 Å². The first kappa shape index (κ1) is 14.9. The van der Waals surface area contributed by atoms with Crippen LogP contribution in [0.2, 0.25) is 0 Å². The average molecular weight is 246 g/mol. The molecule has 0 saturated heterocycles. The van der Waals surface area contributed by atoms with Crippen LogP contribution in [-0.2, 0) is 17.6 Å². The molecule has 1 nitrogen and oxygen atoms in total. The minimum Gasteiger partial charge on any atom is -0.303 e. The summed E-state index contributed by atoms with van der Waals surface area (Å²) in [5.74, 6) is 0. The van der Waals surface area contributed by atoms with Crippen LogP contribution in [0.4, 0.5) is 0 Å². The van der Waals surface area contributed by atoms with E-state index in [1.54, 1.807) is 0 Å². The van der Waals surface area contributed by atoms with Crippen LogP contribution in [0.25, 0.3) is 0 Å². The second-order valence-corrected chi connectivity index (χ2v) is 4.99. The molecule has 0 N–H and O–H groups in total. The van der Waals surface area contributed by atoms with Gasteiger partial charge in [0.05, 0.1) is 0 Å². The fourth-order valence-electron chi connectivity index (χ4n) is 2.36. The molecule has 0 amide bonds. The topological polar surface area (TPSA) is 17.1 Å². The lowest BCUT2D eigenvalue weighted by atomic mass is 9.98. The Labute approximate surface area is 112 Å². The summed E-state index contributed by atoms with van der Waals surface area (Å²) in [7, 11) is 0. The molecule has 0 aliphatic carbocycles. The number of aldehydes is 1. The van der Waals surface area contributed by atoms with Gasteiger partial charge in [-0.15, -0.1) is 0 Å². The summed E-state index contributed by atoms with van der Waals surface area (Å²) in [5, 5.41) is 0. The fraction of sp³-hybridized carbons (Fsp3) is 0.588. The van der Waals surface area contributed by atoms with E-state index < -0.39 is 0 Å². The van der Waals surface area contributed by atoms with Crippen molar-refractivity contribution in [3.63, 3.8) is 0 Å². The van der Waals surface area contributed by atoms with Crippen LogP contribution < -0.4 is 0 Å². The zero-order chi connectivity index (χ0) is 13.1. The van der Waals surface area contributed by atoms with Gasteiger partial charge in [0.1, 0.15) is 6.29 Å². The molecule has 1 rings (SSSR count). The van der Waals surface area contributed by atoms with Gasteiger partial charge in [-0.1, -0.05) is 63.3 Å². The number of carbonyl (C=O) groups is 1. The first-order valence-electron chi connectivity index (χ1n) is 7.39. The van der Waals surface area contributed by atoms with Crippen molar-refractivity contribution in [1.29, 1.82) is 0 Å². The normalized spacial score (nSPS) is 10.5. The van der Waals surface area contributed by atoms with Gasteiger partial charge in [-0.3, -0.25) is 0 Å². The van der Waals surface area contributed by atoms with Gasteiger partial charge in [-0.2, -0.15) is 0 Å². The Balaban J connectivity index is 2.29. The van der Waals surface area contributed by atoms with Gasteiger partial charge in [0.2, 0.25) is 0 Å². The Kier molecular flexibility index (Phi) is 8.20. The van der Waals surface area contributed by atoms with Gasteiger partial charge in [0, 0.05) is 6.42 Å². The molecule has 0 aromatic heterocycles. The Hall–Kier alpha value is -1.11. The zero-order valence-corrected chi connectivity index (χ0v) is 11.7. The molecule has 1 aromatic carbocycles. The van der Waals surface area contributed by atoms with Gasteiger partial charge in [0.25, 0.3) is 0 Å². The highest BCUT2D eigenvalue weighted by atomic mass is 16.1. The number of rotatable bonds is 10. The fourth-order valence-corrected chi connectivity index (χ4v) is 2.36. The first-order valence-corrected chi connectivity index (χ1v) is 7.39. The third kappa shape index (κ3) is 6.00. The van der Waals surface area contributed by atoms with Crippen molar-refractivity contribution in [1.82, 2.24) is 0 Å². The lowest BCUT2D eigenvalue weighted by Gasteiger charge is -2.08. The third-order valence-electron chi connectivity index (χ3n) is 3.45. The van der Waals surface area contributed by atoms with Gasteiger partial charge in [-0.25, -0.2) is 0 Å². The van der Waals surface area contributed by atoms with Crippen molar-refractivity contribution in [3.8, 4) is 0 Å². The summed E-state index contributed by atoms with van der Waals surface area (Å²) < 4.78 is 0. The molecule has 0 spiro atoms. The van der Waals surface area contributed by atoms with E-state index >= 15 is 0 Å². The van der Waals surface area contributed by atoms with E-state index in [1.165, 1.54) is 56.1 Å². The first-order chi connectivity index (χ1) is 8.88. The van der Waals surface area contributed by atoms with Crippen molar-refractivity contribution in [2.45, 2.75) is 64.7 Å². The molecule has 0 bridgehead atoms. The molecule has 1 aromatic rings. The van der Waals surface area contributed by atoms with E-state index in [9.17, 15) is 4.79 Å². The number of carbonyl (C=O) groups excluding carboxylic acids is 1. The summed E-state index contributed by atoms with van der Waals surface area (Å²) >= 11 is 0. The van der Waals surface area contributed by atoms with Crippen molar-refractivity contribution < 1.29 is 4.79 Å². The standard InChI is InChI=1S/C17H26O/c1-2-3-4-5-6-7-11-16-12-8-9-13-17(16)14-10-15-18/h8-9,12-13,15H,2-7,10-11,14H2,1H3. The monoisotopic (exact) mass is 246 g/mol. The summed E-state index contributed by atoms with van der Waals surface area (Å²) in [6.45, 7) is 2.25. The molecule has 0 aliphatic heterocycles. The van der Waals surface area contributed by atoms with Crippen LogP contribution >= 0.6 is 0 Å². The second kappa shape index (κ2) is 9.87. The number of hydrogen-bond donors (Lipinski definition) is 0. The molecular formula is C17H26O. The van der Waals surface area contributed by atoms with E-state index in [2.05, 4.69) is 31.2 Å². The van der Waals surface area contributed by atoms with Crippen LogP contribution in [0.3, 0.4) is 0 Å². The third-order valence-corrected chi connectivity index (χ3v) is 3.45. The smallest absolute Gasteiger partial charge is 0.120 e. The minimum absolute atomic E-state index is 0.646. The van der Waals surface area contributed by atoms with Crippen molar-refractivity contribution in [3.05, 3.63) is 35.4 Å². The van der Waals surface area contributed by atoms with Crippen LogP contribution in [-0.4, -0.2) is 6.29 Å². The maximum absolute atomic E-state index is 10.5. The largest absolute Gasteiger partial charge is 0.303 e. The number of aryl methyl sites for hydroxylation is 2. The molecular weight excluding hydrogens is 220 g/mol. The highest BCUT2D eigenvalue weighted by molar-refractivity contribution is 5.50. The predicted octanol–water partition coefficient (Wildman–Crippen LogP) is 4.72. The van der Waals surface area contributed by atoms with Crippen molar-refractivity contribution >= 4 is 6.29 Å². The predicted molar refractivity (Wildman–Crippen MR) is 77.9 cm³/mol. The highest BCUT2D eigenvalue weighted by Crippen LogP contribution is 2.15. The van der Waals surface area contributed by atoms with Crippen LogP contribution in [0.5, 0.6) is 0 Å². The lowest BCUT2D eigenvalue weighted by Crippen LogP contribution is -1.95. The Morgan fingerprint density at radius 3 is 2.17 bits per heavy atom. The summed E-state index contributed by atoms with van der Waals surface area (Å²) in [5.41, 5.74) is 2.80. The lowest BCUT2D eigenvalue weighted by molar-refractivity contribution is -0.107. The van der Waals surface area contributed by atoms with Gasteiger partial charge < -0.3 is 4.79 Å². The number of benzene rings is 1. The van der Waals surface area contributed by atoms with Crippen LogP contribution in [0.15, 0.2) is 24.3 Å². The second-order valence-electron chi connectivity index (χ2n) is 4.99. The Morgan fingerprint density at radius 2 is 1.50 bits per heavy atom. The van der Waals surface area contributed by atoms with Crippen molar-refractivity contribution in [2.75, 3.05) is 0 Å². The SMILES string of the molecule is CCCCCCCCc1ccccc1CCC=O. The zero-order valence-electron chi connectivity index (χ0n) is 11.7. The minimum atomic E-state index is 0.646. The number of unbranched alkanes of at least 4 members (excludes halogenated alkanes) is 5. The molecule has 0 saturated carbocycles. The average Bonchev–Trinajstić information content (AvgIpc) is 2.41. The Morgan fingerprint density at radius 1 is 0.889 bits per heavy atom. The Bertz CT molecular complexity index is 330. The molecule has 100 valence electrons. The van der Waals surface area contributed by atoms with E-state index in [1.807, 2.05) is 0 Å². The molecule has 0 heterocycles. The van der Waals surface area contributed by atoms with E-state index in [0.717, 1.165) is 12.7 Å². The summed E-state index contributed by atoms with van der Waals surface area (Å²) in [6, 6.07) is 8.56. The molecule has 0 aliphatic rings. The molecule has 0 radical (unpaired) electrons. The van der Waals surface area contributed by atoms with E-state index in [4.69, 9.17) is 0 Å². The molecule has 18 heavy (non-hydrogen) atoms. The van der Waals surface area contributed by atoms with Gasteiger partial charge in [0.15, 0.2) is 0 Å². The van der Waals surface area contributed by atoms with Gasteiger partial charge >= 0.3 is 0 Å². The van der Waals surface area contributed by atoms with Crippen LogP contribution in [0, 0.1) is 0 Å². The van der Waals surface area contributed by atoms with Crippen LogP contribution in [0.1, 0.15) is 63.0 Å². The van der Waals surface area contributed by atoms with E-state index in [0.29, 0.717) is 6.42 Å². The molecule has 0 fully saturated rings. The summed E-state index contributed by atoms with van der Waals surface area (Å²) in [6.07, 6.45) is 11.8. The van der Waals surface area contributed by atoms with Gasteiger partial charge in [-0.05, 0) is 30.4 Å². The molecule has 1 heteroatoms. The molecule has 0 atom stereocenters.